The molecule has 124 valence electrons. The third kappa shape index (κ3) is 3.22. The molecule has 1 amide bonds. The first-order chi connectivity index (χ1) is 11.3. The van der Waals surface area contributed by atoms with Crippen molar-refractivity contribution >= 4 is 17.4 Å². The molecule has 3 heterocycles. The number of fused-ring (bicyclic) bond motifs is 1. The number of carbonyl (C=O) groups excluding carboxylic acids is 1. The first-order valence-electron chi connectivity index (χ1n) is 7.69. The van der Waals surface area contributed by atoms with E-state index in [4.69, 9.17) is 4.74 Å². The first-order valence-corrected chi connectivity index (χ1v) is 7.69. The Morgan fingerprint density at radius 1 is 1.17 bits per heavy atom. The highest BCUT2D eigenvalue weighted by atomic mass is 16.6. The summed E-state index contributed by atoms with van der Waals surface area (Å²) in [5, 5.41) is 0. The van der Waals surface area contributed by atoms with Crippen LogP contribution in [0.4, 0.5) is 10.5 Å². The van der Waals surface area contributed by atoms with E-state index in [1.165, 1.54) is 4.90 Å². The van der Waals surface area contributed by atoms with Gasteiger partial charge in [0.15, 0.2) is 0 Å². The van der Waals surface area contributed by atoms with Crippen molar-refractivity contribution in [3.05, 3.63) is 49.1 Å². The molecule has 24 heavy (non-hydrogen) atoms. The predicted molar refractivity (Wildman–Crippen MR) is 93.1 cm³/mol. The second-order valence-corrected chi connectivity index (χ2v) is 6.53. The van der Waals surface area contributed by atoms with Gasteiger partial charge in [-0.3, -0.25) is 14.3 Å². The first kappa shape index (κ1) is 16.0. The van der Waals surface area contributed by atoms with Crippen LogP contribution in [0.5, 0.6) is 0 Å². The van der Waals surface area contributed by atoms with Crippen molar-refractivity contribution in [2.24, 2.45) is 0 Å². The zero-order valence-electron chi connectivity index (χ0n) is 14.2. The molecule has 3 rings (SSSR count). The van der Waals surface area contributed by atoms with Crippen molar-refractivity contribution in [3.63, 3.8) is 0 Å². The van der Waals surface area contributed by atoms with E-state index in [1.54, 1.807) is 19.4 Å². The zero-order chi connectivity index (χ0) is 17.3. The Morgan fingerprint density at radius 2 is 1.88 bits per heavy atom. The molecule has 0 aliphatic rings. The van der Waals surface area contributed by atoms with E-state index in [-0.39, 0.29) is 0 Å². The second-order valence-electron chi connectivity index (χ2n) is 6.53. The largest absolute Gasteiger partial charge is 0.443 e. The van der Waals surface area contributed by atoms with Crippen molar-refractivity contribution in [2.45, 2.75) is 26.4 Å². The average Bonchev–Trinajstić information content (AvgIpc) is 2.96. The van der Waals surface area contributed by atoms with Crippen molar-refractivity contribution in [2.75, 3.05) is 11.9 Å². The van der Waals surface area contributed by atoms with E-state index >= 15 is 0 Å². The van der Waals surface area contributed by atoms with Gasteiger partial charge in [-0.15, -0.1) is 0 Å². The van der Waals surface area contributed by atoms with E-state index in [9.17, 15) is 4.79 Å². The van der Waals surface area contributed by atoms with Gasteiger partial charge in [0, 0.05) is 31.2 Å². The molecule has 0 N–H and O–H groups in total. The Labute approximate surface area is 140 Å². The van der Waals surface area contributed by atoms with Gasteiger partial charge in [-0.1, -0.05) is 0 Å². The zero-order valence-corrected chi connectivity index (χ0v) is 14.2. The molecule has 6 heteroatoms. The molecule has 3 aromatic rings. The summed E-state index contributed by atoms with van der Waals surface area (Å²) >= 11 is 0. The fourth-order valence-electron chi connectivity index (χ4n) is 2.34. The van der Waals surface area contributed by atoms with Crippen molar-refractivity contribution in [1.82, 2.24) is 14.4 Å². The maximum Gasteiger partial charge on any atom is 0.414 e. The Hall–Kier alpha value is -2.89. The van der Waals surface area contributed by atoms with Crippen LogP contribution < -0.4 is 4.90 Å². The van der Waals surface area contributed by atoms with Crippen LogP contribution in [-0.2, 0) is 4.74 Å². The quantitative estimate of drug-likeness (QED) is 0.720. The summed E-state index contributed by atoms with van der Waals surface area (Å²) in [7, 11) is 1.69. The fourth-order valence-corrected chi connectivity index (χ4v) is 2.34. The number of aromatic nitrogens is 3. The normalized spacial score (nSPS) is 11.5. The van der Waals surface area contributed by atoms with Gasteiger partial charge in [0.2, 0.25) is 0 Å². The van der Waals surface area contributed by atoms with E-state index in [1.807, 2.05) is 61.8 Å². The predicted octanol–water partition coefficient (Wildman–Crippen LogP) is 3.77. The molecule has 0 saturated carbocycles. The van der Waals surface area contributed by atoms with E-state index < -0.39 is 11.7 Å². The highest BCUT2D eigenvalue weighted by Crippen LogP contribution is 2.23. The molecular weight excluding hydrogens is 304 g/mol. The number of carbonyl (C=O) groups is 1. The van der Waals surface area contributed by atoms with Gasteiger partial charge < -0.3 is 4.74 Å². The Bertz CT molecular complexity index is 866. The third-order valence-electron chi connectivity index (χ3n) is 3.52. The van der Waals surface area contributed by atoms with Gasteiger partial charge in [0.05, 0.1) is 17.6 Å². The highest BCUT2D eigenvalue weighted by Gasteiger charge is 2.21. The molecule has 0 spiro atoms. The minimum atomic E-state index is -0.535. The molecular formula is C18H20N4O2. The lowest BCUT2D eigenvalue weighted by atomic mass is 10.2. The molecule has 6 nitrogen and oxygen atoms in total. The van der Waals surface area contributed by atoms with Crippen LogP contribution in [0, 0.1) is 0 Å². The number of nitrogens with zero attached hydrogens (tertiary/aromatic N) is 4. The minimum absolute atomic E-state index is 0.396. The number of ether oxygens (including phenoxy) is 1. The SMILES string of the molecule is CN(C(=O)OC(C)(C)C)c1ccc2ncc(-c3ccncc3)n2c1. The van der Waals surface area contributed by atoms with Gasteiger partial charge in [0.25, 0.3) is 0 Å². The number of imidazole rings is 1. The topological polar surface area (TPSA) is 59.7 Å². The number of pyridine rings is 2. The van der Waals surface area contributed by atoms with Crippen molar-refractivity contribution < 1.29 is 9.53 Å². The van der Waals surface area contributed by atoms with Gasteiger partial charge in [0.1, 0.15) is 11.2 Å². The number of hydrogen-bond donors (Lipinski definition) is 0. The van der Waals surface area contributed by atoms with Gasteiger partial charge in [-0.2, -0.15) is 0 Å². The van der Waals surface area contributed by atoms with Gasteiger partial charge in [-0.05, 0) is 45.0 Å². The molecule has 0 atom stereocenters. The average molecular weight is 324 g/mol. The van der Waals surface area contributed by atoms with Gasteiger partial charge >= 0.3 is 6.09 Å². The van der Waals surface area contributed by atoms with Crippen LogP contribution in [0.3, 0.4) is 0 Å². The number of anilines is 1. The summed E-state index contributed by atoms with van der Waals surface area (Å²) in [6, 6.07) is 7.57. The summed E-state index contributed by atoms with van der Waals surface area (Å²) in [4.78, 5) is 22.2. The van der Waals surface area contributed by atoms with Gasteiger partial charge in [-0.25, -0.2) is 9.78 Å². The molecule has 0 aliphatic carbocycles. The molecule has 0 fully saturated rings. The Kier molecular flexibility index (Phi) is 3.97. The molecule has 3 aromatic heterocycles. The minimum Gasteiger partial charge on any atom is -0.443 e. The molecule has 0 aliphatic heterocycles. The van der Waals surface area contributed by atoms with E-state index in [2.05, 4.69) is 9.97 Å². The van der Waals surface area contributed by atoms with Crippen LogP contribution in [0.25, 0.3) is 16.9 Å². The van der Waals surface area contributed by atoms with Crippen LogP contribution in [-0.4, -0.2) is 33.1 Å². The van der Waals surface area contributed by atoms with Crippen LogP contribution in [0.2, 0.25) is 0 Å². The standard InChI is InChI=1S/C18H20N4O2/c1-18(2,3)24-17(23)21(4)14-5-6-16-20-11-15(22(16)12-14)13-7-9-19-10-8-13/h5-12H,1-4H3. The summed E-state index contributed by atoms with van der Waals surface area (Å²) in [5.41, 5.74) is 2.95. The maximum absolute atomic E-state index is 12.3. The fraction of sp³-hybridized carbons (Fsp3) is 0.278. The van der Waals surface area contributed by atoms with E-state index in [0.29, 0.717) is 0 Å². The molecule has 0 radical (unpaired) electrons. The summed E-state index contributed by atoms with van der Waals surface area (Å²) in [5.74, 6) is 0. The van der Waals surface area contributed by atoms with Crippen molar-refractivity contribution in [1.29, 1.82) is 0 Å². The number of hydrogen-bond acceptors (Lipinski definition) is 4. The summed E-state index contributed by atoms with van der Waals surface area (Å²) in [6.07, 6.45) is 6.77. The Morgan fingerprint density at radius 3 is 2.54 bits per heavy atom. The Balaban J connectivity index is 1.98. The highest BCUT2D eigenvalue weighted by molar-refractivity contribution is 5.87. The van der Waals surface area contributed by atoms with Crippen LogP contribution >= 0.6 is 0 Å². The lowest BCUT2D eigenvalue weighted by Gasteiger charge is -2.24. The molecule has 0 aromatic carbocycles. The molecule has 0 unspecified atom stereocenters. The summed E-state index contributed by atoms with van der Waals surface area (Å²) in [6.45, 7) is 5.54. The molecule has 0 saturated heterocycles. The maximum atomic E-state index is 12.3. The lowest BCUT2D eigenvalue weighted by molar-refractivity contribution is 0.0589. The van der Waals surface area contributed by atoms with Crippen LogP contribution in [0.1, 0.15) is 20.8 Å². The van der Waals surface area contributed by atoms with Crippen LogP contribution in [0.15, 0.2) is 49.1 Å². The second kappa shape index (κ2) is 5.96. The number of rotatable bonds is 2. The summed E-state index contributed by atoms with van der Waals surface area (Å²) < 4.78 is 7.37. The smallest absolute Gasteiger partial charge is 0.414 e. The lowest BCUT2D eigenvalue weighted by Crippen LogP contribution is -2.34. The third-order valence-corrected chi connectivity index (χ3v) is 3.52. The van der Waals surface area contributed by atoms with Crippen molar-refractivity contribution in [3.8, 4) is 11.3 Å². The monoisotopic (exact) mass is 324 g/mol. The van der Waals surface area contributed by atoms with E-state index in [0.717, 1.165) is 22.6 Å². The molecule has 0 bridgehead atoms. The number of amides is 1.